The van der Waals surface area contributed by atoms with Gasteiger partial charge >= 0.3 is 0 Å². The molecule has 0 saturated carbocycles. The molecular weight excluding hydrogens is 486 g/mol. The molecule has 2 atom stereocenters. The second-order valence-corrected chi connectivity index (χ2v) is 9.64. The molecule has 2 aromatic rings. The minimum atomic E-state index is -0.804. The lowest BCUT2D eigenvalue weighted by Gasteiger charge is -2.26. The highest BCUT2D eigenvalue weighted by Crippen LogP contribution is 2.42. The smallest absolute Gasteiger partial charge is 0.295 e. The van der Waals surface area contributed by atoms with Crippen molar-refractivity contribution >= 4 is 17.4 Å². The lowest BCUT2D eigenvalue weighted by Crippen LogP contribution is -2.32. The van der Waals surface area contributed by atoms with Crippen molar-refractivity contribution in [3.8, 4) is 17.2 Å². The van der Waals surface area contributed by atoms with E-state index in [0.717, 1.165) is 30.6 Å². The number of unbranched alkanes of at least 4 members (excludes halogenated alkanes) is 2. The summed E-state index contributed by atoms with van der Waals surface area (Å²) < 4.78 is 22.8. The first-order chi connectivity index (χ1) is 18.4. The van der Waals surface area contributed by atoms with Gasteiger partial charge in [-0.1, -0.05) is 25.8 Å². The van der Waals surface area contributed by atoms with E-state index in [1.807, 2.05) is 26.0 Å². The third-order valence-corrected chi connectivity index (χ3v) is 6.83. The van der Waals surface area contributed by atoms with E-state index >= 15 is 0 Å². The van der Waals surface area contributed by atoms with Gasteiger partial charge in [-0.15, -0.1) is 0 Å². The molecule has 0 aromatic heterocycles. The molecule has 0 spiro atoms. The van der Waals surface area contributed by atoms with Crippen LogP contribution in [0.2, 0.25) is 0 Å². The molecule has 0 aliphatic carbocycles. The van der Waals surface area contributed by atoms with Crippen LogP contribution >= 0.6 is 0 Å². The van der Waals surface area contributed by atoms with Gasteiger partial charge in [0.1, 0.15) is 17.6 Å². The van der Waals surface area contributed by atoms with Gasteiger partial charge in [-0.3, -0.25) is 9.59 Å². The molecule has 0 radical (unpaired) electrons. The van der Waals surface area contributed by atoms with E-state index < -0.39 is 17.7 Å². The van der Waals surface area contributed by atoms with Crippen molar-refractivity contribution in [2.45, 2.75) is 58.6 Å². The predicted molar refractivity (Wildman–Crippen MR) is 144 cm³/mol. The number of Topliss-reactive ketones (excluding diaryl/α,β-unsaturated/α-hetero) is 1. The Balaban J connectivity index is 1.76. The summed E-state index contributed by atoms with van der Waals surface area (Å²) in [7, 11) is 1.54. The van der Waals surface area contributed by atoms with E-state index in [2.05, 4.69) is 6.92 Å². The summed E-state index contributed by atoms with van der Waals surface area (Å²) in [5.41, 5.74) is 2.11. The van der Waals surface area contributed by atoms with E-state index in [1.165, 1.54) is 12.0 Å². The van der Waals surface area contributed by atoms with Crippen molar-refractivity contribution in [3.63, 3.8) is 0 Å². The Bertz CT molecular complexity index is 1210. The number of hydrogen-bond acceptors (Lipinski definition) is 7. The van der Waals surface area contributed by atoms with Crippen LogP contribution in [0.3, 0.4) is 0 Å². The Labute approximate surface area is 224 Å². The molecular formula is C30H37NO7. The van der Waals surface area contributed by atoms with Gasteiger partial charge in [0.2, 0.25) is 0 Å². The van der Waals surface area contributed by atoms with Gasteiger partial charge in [-0.25, -0.2) is 0 Å². The molecule has 4 rings (SSSR count). The van der Waals surface area contributed by atoms with Crippen LogP contribution in [-0.4, -0.2) is 61.3 Å². The average molecular weight is 524 g/mol. The maximum absolute atomic E-state index is 13.3. The number of carbonyl (C=O) groups is 2. The lowest BCUT2D eigenvalue weighted by molar-refractivity contribution is -0.140. The second kappa shape index (κ2) is 12.3. The van der Waals surface area contributed by atoms with Gasteiger partial charge < -0.3 is 29.0 Å². The summed E-state index contributed by atoms with van der Waals surface area (Å²) in [6.07, 6.45) is 3.85. The minimum absolute atomic E-state index is 0.0390. The number of likely N-dealkylation sites (tertiary alicyclic amines) is 1. The van der Waals surface area contributed by atoms with Gasteiger partial charge in [0, 0.05) is 25.6 Å². The van der Waals surface area contributed by atoms with E-state index in [1.54, 1.807) is 24.3 Å². The first kappa shape index (κ1) is 27.5. The van der Waals surface area contributed by atoms with Crippen LogP contribution in [0.15, 0.2) is 42.0 Å². The number of benzene rings is 2. The van der Waals surface area contributed by atoms with Crippen molar-refractivity contribution in [2.75, 3.05) is 33.5 Å². The Hall–Kier alpha value is -3.52. The van der Waals surface area contributed by atoms with Crippen molar-refractivity contribution in [1.29, 1.82) is 0 Å². The minimum Gasteiger partial charge on any atom is -0.507 e. The second-order valence-electron chi connectivity index (χ2n) is 9.64. The van der Waals surface area contributed by atoms with Crippen LogP contribution in [-0.2, 0) is 20.7 Å². The first-order valence-corrected chi connectivity index (χ1v) is 13.4. The summed E-state index contributed by atoms with van der Waals surface area (Å²) >= 11 is 0. The van der Waals surface area contributed by atoms with Crippen LogP contribution in [0.4, 0.5) is 0 Å². The number of aliphatic hydroxyl groups is 1. The number of methoxy groups -OCH3 is 1. The third kappa shape index (κ3) is 5.65. The predicted octanol–water partition coefficient (Wildman–Crippen LogP) is 5.05. The number of fused-ring (bicyclic) bond motifs is 1. The maximum Gasteiger partial charge on any atom is 0.295 e. The fourth-order valence-corrected chi connectivity index (χ4v) is 4.99. The quantitative estimate of drug-likeness (QED) is 0.180. The van der Waals surface area contributed by atoms with Crippen molar-refractivity contribution in [1.82, 2.24) is 4.90 Å². The third-order valence-electron chi connectivity index (χ3n) is 6.83. The molecule has 0 unspecified atom stereocenters. The van der Waals surface area contributed by atoms with Crippen LogP contribution in [0.5, 0.6) is 17.2 Å². The van der Waals surface area contributed by atoms with Crippen LogP contribution in [0, 0.1) is 0 Å². The van der Waals surface area contributed by atoms with Crippen LogP contribution < -0.4 is 14.2 Å². The van der Waals surface area contributed by atoms with Gasteiger partial charge in [0.25, 0.3) is 11.7 Å². The van der Waals surface area contributed by atoms with E-state index in [4.69, 9.17) is 18.9 Å². The van der Waals surface area contributed by atoms with Gasteiger partial charge in [-0.2, -0.15) is 0 Å². The lowest BCUT2D eigenvalue weighted by atomic mass is 9.94. The Kier molecular flexibility index (Phi) is 8.94. The summed E-state index contributed by atoms with van der Waals surface area (Å²) in [6, 6.07) is 9.94. The van der Waals surface area contributed by atoms with Crippen molar-refractivity contribution in [3.05, 3.63) is 58.7 Å². The molecule has 2 heterocycles. The Morgan fingerprint density at radius 2 is 1.87 bits per heavy atom. The number of hydrogen-bond donors (Lipinski definition) is 1. The molecule has 0 bridgehead atoms. The molecule has 204 valence electrons. The number of aliphatic hydroxyl groups excluding tert-OH is 1. The first-order valence-electron chi connectivity index (χ1n) is 13.4. The number of carbonyl (C=O) groups excluding carboxylic acids is 2. The maximum atomic E-state index is 13.3. The highest BCUT2D eigenvalue weighted by atomic mass is 16.5. The molecule has 8 nitrogen and oxygen atoms in total. The largest absolute Gasteiger partial charge is 0.507 e. The zero-order valence-corrected chi connectivity index (χ0v) is 22.6. The van der Waals surface area contributed by atoms with Gasteiger partial charge in [0.05, 0.1) is 31.4 Å². The molecule has 2 aliphatic rings. The normalized spacial score (nSPS) is 19.9. The number of ketones is 1. The summed E-state index contributed by atoms with van der Waals surface area (Å²) in [5, 5.41) is 11.4. The summed E-state index contributed by atoms with van der Waals surface area (Å²) in [5.74, 6) is 0.280. The number of ether oxygens (including phenoxy) is 4. The number of rotatable bonds is 12. The number of nitrogens with zero attached hydrogens (tertiary/aromatic N) is 1. The van der Waals surface area contributed by atoms with Crippen LogP contribution in [0.25, 0.3) is 5.76 Å². The zero-order valence-electron chi connectivity index (χ0n) is 22.6. The highest BCUT2D eigenvalue weighted by molar-refractivity contribution is 6.46. The van der Waals surface area contributed by atoms with Crippen molar-refractivity contribution < 1.29 is 33.6 Å². The fourth-order valence-electron chi connectivity index (χ4n) is 4.99. The monoisotopic (exact) mass is 523 g/mol. The molecule has 38 heavy (non-hydrogen) atoms. The molecule has 2 aromatic carbocycles. The van der Waals surface area contributed by atoms with Crippen molar-refractivity contribution in [2.24, 2.45) is 0 Å². The van der Waals surface area contributed by atoms with Crippen LogP contribution in [0.1, 0.15) is 62.8 Å². The molecule has 1 fully saturated rings. The molecule has 1 saturated heterocycles. The SMILES string of the molecule is CCCCCOc1ccc([C@@H]2/C(=C(\O)c3ccc4c(c3)C[C@@H](C)O4)C(=O)C(=O)N2CCOC)cc1OCC. The van der Waals surface area contributed by atoms with E-state index in [-0.39, 0.29) is 30.6 Å². The molecule has 1 N–H and O–H groups in total. The van der Waals surface area contributed by atoms with Gasteiger partial charge in [0.15, 0.2) is 11.5 Å². The van der Waals surface area contributed by atoms with E-state index in [9.17, 15) is 14.7 Å². The topological polar surface area (TPSA) is 94.5 Å². The summed E-state index contributed by atoms with van der Waals surface area (Å²) in [6.45, 7) is 7.43. The highest BCUT2D eigenvalue weighted by Gasteiger charge is 2.46. The fraction of sp³-hybridized carbons (Fsp3) is 0.467. The molecule has 8 heteroatoms. The molecule has 2 aliphatic heterocycles. The number of amides is 1. The van der Waals surface area contributed by atoms with E-state index in [0.29, 0.717) is 42.3 Å². The summed E-state index contributed by atoms with van der Waals surface area (Å²) in [4.78, 5) is 27.9. The Morgan fingerprint density at radius 3 is 2.61 bits per heavy atom. The molecule has 1 amide bonds. The zero-order chi connectivity index (χ0) is 27.2. The average Bonchev–Trinajstić information content (AvgIpc) is 3.41. The standard InChI is InChI=1S/C30H37NO7/c1-5-7-8-14-37-24-12-9-20(18-25(24)36-6-2)27-26(29(33)30(34)31(27)13-15-35-4)28(32)21-10-11-23-22(17-21)16-19(3)38-23/h9-12,17-19,27,32H,5-8,13-16H2,1-4H3/b28-26+/t19-,27-/m1/s1. The Morgan fingerprint density at radius 1 is 1.05 bits per heavy atom. The van der Waals surface area contributed by atoms with Gasteiger partial charge in [-0.05, 0) is 61.7 Å².